The van der Waals surface area contributed by atoms with Crippen molar-refractivity contribution < 1.29 is 14.3 Å². The van der Waals surface area contributed by atoms with Crippen molar-refractivity contribution in [2.45, 2.75) is 53.2 Å². The summed E-state index contributed by atoms with van der Waals surface area (Å²) in [5.74, 6) is 1.45. The Balaban J connectivity index is 2.30. The highest BCUT2D eigenvalue weighted by Gasteiger charge is 2.16. The molecule has 0 radical (unpaired) electrons. The van der Waals surface area contributed by atoms with Crippen molar-refractivity contribution in [1.82, 2.24) is 15.6 Å². The number of carbonyl (C=O) groups is 1. The summed E-state index contributed by atoms with van der Waals surface area (Å²) in [7, 11) is 0. The molecule has 0 aliphatic heterocycles. The minimum absolute atomic E-state index is 0.215. The van der Waals surface area contributed by atoms with Gasteiger partial charge in [0.25, 0.3) is 0 Å². The summed E-state index contributed by atoms with van der Waals surface area (Å²) in [5.41, 5.74) is 0.825. The summed E-state index contributed by atoms with van der Waals surface area (Å²) in [6.07, 6.45) is 1.29. The molecule has 6 heteroatoms. The maximum Gasteiger partial charge on any atom is 0.315 e. The van der Waals surface area contributed by atoms with Crippen LogP contribution in [0.4, 0.5) is 4.79 Å². The first-order chi connectivity index (χ1) is 9.47. The Kier molecular flexibility index (Phi) is 6.51. The van der Waals surface area contributed by atoms with Crippen LogP contribution in [0.5, 0.6) is 0 Å². The molecule has 1 aromatic rings. The van der Waals surface area contributed by atoms with Gasteiger partial charge in [-0.3, -0.25) is 0 Å². The number of oxazole rings is 1. The third-order valence-corrected chi connectivity index (χ3v) is 3.54. The van der Waals surface area contributed by atoms with Crippen molar-refractivity contribution in [3.63, 3.8) is 0 Å². The Morgan fingerprint density at radius 1 is 1.30 bits per heavy atom. The van der Waals surface area contributed by atoms with Gasteiger partial charge in [0.2, 0.25) is 5.89 Å². The van der Waals surface area contributed by atoms with E-state index in [9.17, 15) is 9.90 Å². The molecule has 1 heterocycles. The Hall–Kier alpha value is -1.56. The summed E-state index contributed by atoms with van der Waals surface area (Å²) in [6, 6.07) is -0.330. The molecule has 1 aromatic heterocycles. The summed E-state index contributed by atoms with van der Waals surface area (Å²) in [4.78, 5) is 15.8. The van der Waals surface area contributed by atoms with Crippen molar-refractivity contribution in [3.05, 3.63) is 17.3 Å². The smallest absolute Gasteiger partial charge is 0.315 e. The first-order valence-corrected chi connectivity index (χ1v) is 7.10. The topological polar surface area (TPSA) is 87.4 Å². The van der Waals surface area contributed by atoms with Crippen LogP contribution in [0.25, 0.3) is 0 Å². The zero-order valence-corrected chi connectivity index (χ0v) is 12.7. The Bertz CT molecular complexity index is 408. The largest absolute Gasteiger partial charge is 0.444 e. The first-order valence-electron chi connectivity index (χ1n) is 7.10. The van der Waals surface area contributed by atoms with E-state index < -0.39 is 6.10 Å². The van der Waals surface area contributed by atoms with Crippen molar-refractivity contribution in [2.24, 2.45) is 5.92 Å². The zero-order valence-electron chi connectivity index (χ0n) is 12.7. The summed E-state index contributed by atoms with van der Waals surface area (Å²) in [6.45, 7) is 8.24. The van der Waals surface area contributed by atoms with E-state index in [2.05, 4.69) is 15.6 Å². The van der Waals surface area contributed by atoms with Crippen LogP contribution in [-0.2, 0) is 6.54 Å². The number of nitrogens with one attached hydrogen (secondary N) is 2. The number of aryl methyl sites for hydroxylation is 2. The van der Waals surface area contributed by atoms with Crippen molar-refractivity contribution in [1.29, 1.82) is 0 Å². The van der Waals surface area contributed by atoms with Gasteiger partial charge < -0.3 is 20.2 Å². The molecule has 0 fully saturated rings. The van der Waals surface area contributed by atoms with Gasteiger partial charge in [-0.2, -0.15) is 0 Å². The number of hydrogen-bond acceptors (Lipinski definition) is 4. The van der Waals surface area contributed by atoms with E-state index in [0.29, 0.717) is 5.89 Å². The molecule has 0 aliphatic carbocycles. The van der Waals surface area contributed by atoms with E-state index in [1.807, 2.05) is 27.7 Å². The van der Waals surface area contributed by atoms with Crippen LogP contribution in [0.15, 0.2) is 4.42 Å². The van der Waals surface area contributed by atoms with Crippen LogP contribution < -0.4 is 10.6 Å². The molecular weight excluding hydrogens is 258 g/mol. The fourth-order valence-corrected chi connectivity index (χ4v) is 2.03. The molecule has 0 saturated heterocycles. The maximum absolute atomic E-state index is 11.6. The van der Waals surface area contributed by atoms with Gasteiger partial charge in [0.05, 0.1) is 18.3 Å². The van der Waals surface area contributed by atoms with E-state index in [0.717, 1.165) is 24.3 Å². The molecule has 0 aromatic carbocycles. The molecule has 2 amide bonds. The number of urea groups is 1. The zero-order chi connectivity index (χ0) is 15.1. The van der Waals surface area contributed by atoms with Gasteiger partial charge >= 0.3 is 6.03 Å². The third-order valence-electron chi connectivity index (χ3n) is 3.54. The number of aliphatic hydroxyl groups is 1. The lowest BCUT2D eigenvalue weighted by molar-refractivity contribution is 0.103. The minimum atomic E-state index is -0.512. The van der Waals surface area contributed by atoms with Gasteiger partial charge in [-0.25, -0.2) is 9.78 Å². The molecule has 20 heavy (non-hydrogen) atoms. The summed E-state index contributed by atoms with van der Waals surface area (Å²) >= 11 is 0. The lowest BCUT2D eigenvalue weighted by Crippen LogP contribution is -2.41. The molecular formula is C14H25N3O3. The quantitative estimate of drug-likeness (QED) is 0.713. The van der Waals surface area contributed by atoms with E-state index in [1.54, 1.807) is 0 Å². The number of aliphatic hydroxyl groups excluding tert-OH is 1. The standard InChI is InChI=1S/C14H25N3O3/c1-5-11(6-2)12(18)7-15-14(19)16-8-13-17-9(3)10(4)20-13/h11-12,18H,5-8H2,1-4H3,(H2,15,16,19). The van der Waals surface area contributed by atoms with E-state index in [1.165, 1.54) is 0 Å². The molecule has 1 rings (SSSR count). The molecule has 3 N–H and O–H groups in total. The van der Waals surface area contributed by atoms with E-state index in [-0.39, 0.29) is 25.0 Å². The Morgan fingerprint density at radius 2 is 1.95 bits per heavy atom. The van der Waals surface area contributed by atoms with Gasteiger partial charge in [0.15, 0.2) is 0 Å². The van der Waals surface area contributed by atoms with E-state index in [4.69, 9.17) is 4.42 Å². The SMILES string of the molecule is CCC(CC)C(O)CNC(=O)NCc1nc(C)c(C)o1. The van der Waals surface area contributed by atoms with Gasteiger partial charge in [-0.05, 0) is 19.8 Å². The number of carbonyl (C=O) groups excluding carboxylic acids is 1. The first kappa shape index (κ1) is 16.5. The maximum atomic E-state index is 11.6. The number of aromatic nitrogens is 1. The van der Waals surface area contributed by atoms with Gasteiger partial charge in [0, 0.05) is 6.54 Å². The van der Waals surface area contributed by atoms with Crippen LogP contribution in [-0.4, -0.2) is 28.8 Å². The highest BCUT2D eigenvalue weighted by Crippen LogP contribution is 2.12. The number of rotatable bonds is 7. The highest BCUT2D eigenvalue weighted by atomic mass is 16.4. The number of nitrogens with zero attached hydrogens (tertiary/aromatic N) is 1. The summed E-state index contributed by atoms with van der Waals surface area (Å²) in [5, 5.41) is 15.2. The lowest BCUT2D eigenvalue weighted by atomic mass is 9.97. The second kappa shape index (κ2) is 7.89. The van der Waals surface area contributed by atoms with Gasteiger partial charge in [0.1, 0.15) is 5.76 Å². The van der Waals surface area contributed by atoms with Crippen LogP contribution in [0.1, 0.15) is 44.0 Å². The molecule has 0 saturated carbocycles. The van der Waals surface area contributed by atoms with Crippen molar-refractivity contribution in [2.75, 3.05) is 6.54 Å². The molecule has 114 valence electrons. The molecule has 1 unspecified atom stereocenters. The molecule has 6 nitrogen and oxygen atoms in total. The third kappa shape index (κ3) is 4.85. The minimum Gasteiger partial charge on any atom is -0.444 e. The Labute approximate surface area is 120 Å². The fraction of sp³-hybridized carbons (Fsp3) is 0.714. The van der Waals surface area contributed by atoms with Crippen molar-refractivity contribution >= 4 is 6.03 Å². The van der Waals surface area contributed by atoms with Gasteiger partial charge in [-0.15, -0.1) is 0 Å². The predicted molar refractivity (Wildman–Crippen MR) is 76.3 cm³/mol. The van der Waals surface area contributed by atoms with E-state index >= 15 is 0 Å². The average molecular weight is 283 g/mol. The van der Waals surface area contributed by atoms with Crippen molar-refractivity contribution in [3.8, 4) is 0 Å². The van der Waals surface area contributed by atoms with Crippen LogP contribution in [0.2, 0.25) is 0 Å². The predicted octanol–water partition coefficient (Wildman–Crippen LogP) is 1.89. The normalized spacial score (nSPS) is 12.5. The lowest BCUT2D eigenvalue weighted by Gasteiger charge is -2.20. The summed E-state index contributed by atoms with van der Waals surface area (Å²) < 4.78 is 5.36. The van der Waals surface area contributed by atoms with Crippen LogP contribution in [0, 0.1) is 19.8 Å². The number of hydrogen-bond donors (Lipinski definition) is 3. The average Bonchev–Trinajstić information content (AvgIpc) is 2.74. The fourth-order valence-electron chi connectivity index (χ4n) is 2.03. The molecule has 0 bridgehead atoms. The van der Waals surface area contributed by atoms with Crippen LogP contribution in [0.3, 0.4) is 0 Å². The van der Waals surface area contributed by atoms with Crippen LogP contribution >= 0.6 is 0 Å². The molecule has 0 aliphatic rings. The monoisotopic (exact) mass is 283 g/mol. The Morgan fingerprint density at radius 3 is 2.45 bits per heavy atom. The number of amides is 2. The molecule has 0 spiro atoms. The molecule has 1 atom stereocenters. The second-order valence-electron chi connectivity index (χ2n) is 4.96. The van der Waals surface area contributed by atoms with Gasteiger partial charge in [-0.1, -0.05) is 26.7 Å². The highest BCUT2D eigenvalue weighted by molar-refractivity contribution is 5.73. The second-order valence-corrected chi connectivity index (χ2v) is 4.96.